The summed E-state index contributed by atoms with van der Waals surface area (Å²) >= 11 is 1.33. The van der Waals surface area contributed by atoms with Gasteiger partial charge in [-0.3, -0.25) is 4.68 Å². The van der Waals surface area contributed by atoms with Crippen LogP contribution in [-0.2, 0) is 13.0 Å². The fraction of sp³-hybridized carbons (Fsp3) is 0.571. The molecular formula is C14H20N2O2S. The Balaban J connectivity index is 2.45. The number of carbonyl (C=O) groups is 1. The molecule has 0 spiro atoms. The predicted octanol–water partition coefficient (Wildman–Crippen LogP) is 3.79. The number of hydrogen-bond acceptors (Lipinski definition) is 3. The van der Waals surface area contributed by atoms with Crippen molar-refractivity contribution in [2.24, 2.45) is 5.92 Å². The molecule has 4 nitrogen and oxygen atoms in total. The van der Waals surface area contributed by atoms with Gasteiger partial charge in [0.2, 0.25) is 0 Å². The number of unbranched alkanes of at least 4 members (excludes halogenated alkanes) is 1. The molecule has 0 atom stereocenters. The van der Waals surface area contributed by atoms with E-state index in [1.165, 1.54) is 11.3 Å². The molecule has 0 bridgehead atoms. The molecule has 0 fully saturated rings. The highest BCUT2D eigenvalue weighted by molar-refractivity contribution is 7.20. The van der Waals surface area contributed by atoms with E-state index < -0.39 is 5.97 Å². The first kappa shape index (κ1) is 14.1. The van der Waals surface area contributed by atoms with Gasteiger partial charge < -0.3 is 5.11 Å². The van der Waals surface area contributed by atoms with Gasteiger partial charge in [0.05, 0.1) is 5.69 Å². The van der Waals surface area contributed by atoms with Crippen molar-refractivity contribution in [2.75, 3.05) is 0 Å². The van der Waals surface area contributed by atoms with Crippen molar-refractivity contribution in [3.05, 3.63) is 16.6 Å². The average Bonchev–Trinajstić information content (AvgIpc) is 2.87. The Kier molecular flexibility index (Phi) is 4.24. The second-order valence-corrected chi connectivity index (χ2v) is 6.29. The number of fused-ring (bicyclic) bond motifs is 1. The lowest BCUT2D eigenvalue weighted by atomic mass is 10.1. The topological polar surface area (TPSA) is 55.1 Å². The number of carboxylic acids is 1. The zero-order valence-electron chi connectivity index (χ0n) is 11.6. The first-order valence-corrected chi connectivity index (χ1v) is 7.57. The van der Waals surface area contributed by atoms with Crippen LogP contribution in [0.4, 0.5) is 0 Å². The molecule has 19 heavy (non-hydrogen) atoms. The largest absolute Gasteiger partial charge is 0.477 e. The third kappa shape index (κ3) is 2.97. The Morgan fingerprint density at radius 1 is 1.53 bits per heavy atom. The van der Waals surface area contributed by atoms with Crippen molar-refractivity contribution in [1.82, 2.24) is 9.78 Å². The number of nitrogens with zero attached hydrogens (tertiary/aromatic N) is 2. The van der Waals surface area contributed by atoms with Crippen molar-refractivity contribution in [3.8, 4) is 0 Å². The van der Waals surface area contributed by atoms with Crippen LogP contribution in [-0.4, -0.2) is 20.9 Å². The molecule has 0 saturated carbocycles. The highest BCUT2D eigenvalue weighted by atomic mass is 32.1. The van der Waals surface area contributed by atoms with Crippen molar-refractivity contribution in [3.63, 3.8) is 0 Å². The average molecular weight is 280 g/mol. The molecule has 0 aliphatic heterocycles. The van der Waals surface area contributed by atoms with E-state index >= 15 is 0 Å². The Bertz CT molecular complexity index is 584. The summed E-state index contributed by atoms with van der Waals surface area (Å²) in [5.41, 5.74) is 1.03. The fourth-order valence-corrected chi connectivity index (χ4v) is 3.12. The van der Waals surface area contributed by atoms with Crippen molar-refractivity contribution in [1.29, 1.82) is 0 Å². The number of carboxylic acid groups (broad SMARTS) is 1. The summed E-state index contributed by atoms with van der Waals surface area (Å²) in [7, 11) is 0. The normalized spacial score (nSPS) is 11.6. The zero-order valence-corrected chi connectivity index (χ0v) is 12.5. The van der Waals surface area contributed by atoms with Crippen LogP contribution < -0.4 is 0 Å². The van der Waals surface area contributed by atoms with Gasteiger partial charge in [0.1, 0.15) is 9.71 Å². The molecule has 0 aliphatic carbocycles. The van der Waals surface area contributed by atoms with Gasteiger partial charge in [-0.1, -0.05) is 27.2 Å². The highest BCUT2D eigenvalue weighted by Crippen LogP contribution is 2.30. The van der Waals surface area contributed by atoms with Gasteiger partial charge in [0, 0.05) is 11.9 Å². The second kappa shape index (κ2) is 5.74. The van der Waals surface area contributed by atoms with Gasteiger partial charge in [0.15, 0.2) is 0 Å². The van der Waals surface area contributed by atoms with E-state index in [0.29, 0.717) is 10.8 Å². The summed E-state index contributed by atoms with van der Waals surface area (Å²) in [5, 5.41) is 14.8. The van der Waals surface area contributed by atoms with E-state index in [2.05, 4.69) is 25.9 Å². The molecule has 5 heteroatoms. The Hall–Kier alpha value is -1.36. The molecule has 2 heterocycles. The minimum Gasteiger partial charge on any atom is -0.477 e. The van der Waals surface area contributed by atoms with E-state index in [1.54, 1.807) is 6.07 Å². The fourth-order valence-electron chi connectivity index (χ4n) is 2.13. The molecule has 1 N–H and O–H groups in total. The van der Waals surface area contributed by atoms with E-state index in [1.807, 2.05) is 4.68 Å². The molecule has 2 aromatic rings. The van der Waals surface area contributed by atoms with Crippen molar-refractivity contribution < 1.29 is 9.90 Å². The number of aromatic nitrogens is 2. The third-order valence-corrected chi connectivity index (χ3v) is 4.17. The second-order valence-electron chi connectivity index (χ2n) is 5.26. The van der Waals surface area contributed by atoms with Gasteiger partial charge in [-0.15, -0.1) is 11.3 Å². The van der Waals surface area contributed by atoms with E-state index in [-0.39, 0.29) is 0 Å². The number of aromatic carboxylic acids is 1. The van der Waals surface area contributed by atoms with Gasteiger partial charge in [-0.05, 0) is 24.8 Å². The number of rotatable bonds is 6. The van der Waals surface area contributed by atoms with Crippen LogP contribution in [0.25, 0.3) is 10.2 Å². The number of aryl methyl sites for hydroxylation is 1. The van der Waals surface area contributed by atoms with Gasteiger partial charge >= 0.3 is 5.97 Å². The maximum Gasteiger partial charge on any atom is 0.345 e. The summed E-state index contributed by atoms with van der Waals surface area (Å²) in [6.07, 6.45) is 3.07. The van der Waals surface area contributed by atoms with Crippen LogP contribution in [0.2, 0.25) is 0 Å². The summed E-state index contributed by atoms with van der Waals surface area (Å²) in [5.74, 6) is -0.329. The summed E-state index contributed by atoms with van der Waals surface area (Å²) in [6, 6.07) is 1.77. The monoisotopic (exact) mass is 280 g/mol. The van der Waals surface area contributed by atoms with Gasteiger partial charge in [-0.25, -0.2) is 4.79 Å². The van der Waals surface area contributed by atoms with Crippen LogP contribution in [0.3, 0.4) is 0 Å². The lowest BCUT2D eigenvalue weighted by molar-refractivity contribution is 0.0702. The quantitative estimate of drug-likeness (QED) is 0.875. The van der Waals surface area contributed by atoms with Crippen LogP contribution in [0.15, 0.2) is 6.07 Å². The molecule has 0 radical (unpaired) electrons. The van der Waals surface area contributed by atoms with Crippen LogP contribution in [0.5, 0.6) is 0 Å². The molecule has 104 valence electrons. The first-order valence-electron chi connectivity index (χ1n) is 6.75. The maximum absolute atomic E-state index is 11.1. The van der Waals surface area contributed by atoms with Crippen LogP contribution >= 0.6 is 11.3 Å². The minimum absolute atomic E-state index is 0.405. The summed E-state index contributed by atoms with van der Waals surface area (Å²) < 4.78 is 1.98. The molecule has 0 saturated heterocycles. The number of hydrogen-bond donors (Lipinski definition) is 1. The molecular weight excluding hydrogens is 260 g/mol. The summed E-state index contributed by atoms with van der Waals surface area (Å²) in [4.78, 5) is 12.5. The van der Waals surface area contributed by atoms with E-state index in [0.717, 1.165) is 41.7 Å². The van der Waals surface area contributed by atoms with Crippen LogP contribution in [0.1, 0.15) is 49.0 Å². The van der Waals surface area contributed by atoms with Crippen molar-refractivity contribution in [2.45, 2.75) is 46.6 Å². The number of thiophene rings is 1. The molecule has 0 unspecified atom stereocenters. The smallest absolute Gasteiger partial charge is 0.345 e. The Morgan fingerprint density at radius 3 is 2.84 bits per heavy atom. The molecule has 0 amide bonds. The first-order chi connectivity index (χ1) is 9.02. The molecule has 0 aliphatic rings. The van der Waals surface area contributed by atoms with Crippen LogP contribution in [0, 0.1) is 5.92 Å². The SMILES string of the molecule is CCCCn1nc(CC(C)C)c2cc(C(=O)O)sc21. The standard InChI is InChI=1S/C14H20N2O2S/c1-4-5-6-16-13-10(8-12(19-13)14(17)18)11(15-16)7-9(2)3/h8-9H,4-7H2,1-3H3,(H,17,18). The van der Waals surface area contributed by atoms with Crippen molar-refractivity contribution >= 4 is 27.5 Å². The highest BCUT2D eigenvalue weighted by Gasteiger charge is 2.17. The van der Waals surface area contributed by atoms with E-state index in [9.17, 15) is 4.79 Å². The lowest BCUT2D eigenvalue weighted by Crippen LogP contribution is -2.02. The third-order valence-electron chi connectivity index (χ3n) is 3.04. The Labute approximate surface area is 117 Å². The maximum atomic E-state index is 11.1. The van der Waals surface area contributed by atoms with E-state index in [4.69, 9.17) is 5.11 Å². The Morgan fingerprint density at radius 2 is 2.26 bits per heavy atom. The predicted molar refractivity (Wildman–Crippen MR) is 78.0 cm³/mol. The lowest BCUT2D eigenvalue weighted by Gasteiger charge is -2.02. The molecule has 2 aromatic heterocycles. The molecule has 2 rings (SSSR count). The minimum atomic E-state index is -0.848. The van der Waals surface area contributed by atoms with Gasteiger partial charge in [-0.2, -0.15) is 5.10 Å². The zero-order chi connectivity index (χ0) is 14.0. The molecule has 0 aromatic carbocycles. The van der Waals surface area contributed by atoms with Gasteiger partial charge in [0.25, 0.3) is 0 Å². The summed E-state index contributed by atoms with van der Waals surface area (Å²) in [6.45, 7) is 7.32.